The molecule has 0 spiro atoms. The second-order valence-electron chi connectivity index (χ2n) is 10.2. The van der Waals surface area contributed by atoms with Crippen molar-refractivity contribution in [3.63, 3.8) is 0 Å². The van der Waals surface area contributed by atoms with E-state index < -0.39 is 6.61 Å². The van der Waals surface area contributed by atoms with E-state index in [4.69, 9.17) is 16.3 Å². The normalized spacial score (nSPS) is 17.9. The number of piperidine rings is 1. The summed E-state index contributed by atoms with van der Waals surface area (Å²) in [7, 11) is 0. The van der Waals surface area contributed by atoms with Gasteiger partial charge in [-0.05, 0) is 36.6 Å². The summed E-state index contributed by atoms with van der Waals surface area (Å²) in [6.07, 6.45) is 3.43. The molecule has 41 heavy (non-hydrogen) atoms. The van der Waals surface area contributed by atoms with Gasteiger partial charge in [-0.3, -0.25) is 9.69 Å². The van der Waals surface area contributed by atoms with Crippen LogP contribution < -0.4 is 30.9 Å². The number of carbonyl (C=O) groups is 1. The van der Waals surface area contributed by atoms with E-state index in [0.717, 1.165) is 63.4 Å². The number of alkyl halides is 2. The molecule has 0 unspecified atom stereocenters. The summed E-state index contributed by atoms with van der Waals surface area (Å²) in [4.78, 5) is 25.7. The Morgan fingerprint density at radius 1 is 1.05 bits per heavy atom. The fraction of sp³-hybridized carbons (Fsp3) is 0.393. The van der Waals surface area contributed by atoms with Gasteiger partial charge in [0.2, 0.25) is 5.95 Å². The molecule has 10 nitrogen and oxygen atoms in total. The van der Waals surface area contributed by atoms with Crippen LogP contribution in [-0.2, 0) is 6.54 Å². The standard InChI is InChI=1S/C28H31ClF2N8O2/c29-20-16-34-28(37-25(20)35-22-3-1-2-17-15-33-26(40)24(17)22)36-21-5-4-19(14-23(21)41-27(30)31)38-10-6-18(7-11-38)39-12-8-32-9-13-39/h1-5,14,16,18,27,32H,6-13,15H2,(H,33,40)(H2,34,35,36,37). The van der Waals surface area contributed by atoms with E-state index in [1.807, 2.05) is 18.2 Å². The first-order valence-corrected chi connectivity index (χ1v) is 14.1. The van der Waals surface area contributed by atoms with Crippen molar-refractivity contribution in [1.82, 2.24) is 25.5 Å². The van der Waals surface area contributed by atoms with E-state index in [0.29, 0.717) is 23.8 Å². The van der Waals surface area contributed by atoms with Gasteiger partial charge in [0, 0.05) is 63.6 Å². The number of carbonyl (C=O) groups excluding carboxylic acids is 1. The van der Waals surface area contributed by atoms with Crippen molar-refractivity contribution in [2.75, 3.05) is 54.8 Å². The highest BCUT2D eigenvalue weighted by Gasteiger charge is 2.27. The van der Waals surface area contributed by atoms with Crippen LogP contribution >= 0.6 is 11.6 Å². The van der Waals surface area contributed by atoms with E-state index in [1.165, 1.54) is 6.20 Å². The number of piperazine rings is 1. The lowest BCUT2D eigenvalue weighted by Gasteiger charge is -2.41. The van der Waals surface area contributed by atoms with Gasteiger partial charge in [0.15, 0.2) is 11.6 Å². The van der Waals surface area contributed by atoms with Crippen LogP contribution in [-0.4, -0.2) is 72.7 Å². The van der Waals surface area contributed by atoms with Gasteiger partial charge >= 0.3 is 6.61 Å². The molecule has 1 amide bonds. The number of fused-ring (bicyclic) bond motifs is 1. The summed E-state index contributed by atoms with van der Waals surface area (Å²) in [5, 5.41) is 12.5. The third kappa shape index (κ3) is 6.14. The Morgan fingerprint density at radius 2 is 1.85 bits per heavy atom. The van der Waals surface area contributed by atoms with Crippen molar-refractivity contribution >= 4 is 46.3 Å². The lowest BCUT2D eigenvalue weighted by molar-refractivity contribution is -0.0493. The number of halogens is 3. The first-order valence-electron chi connectivity index (χ1n) is 13.7. The molecule has 6 rings (SSSR count). The summed E-state index contributed by atoms with van der Waals surface area (Å²) in [6, 6.07) is 11.2. The van der Waals surface area contributed by atoms with E-state index in [9.17, 15) is 13.6 Å². The Balaban J connectivity index is 1.18. The maximum atomic E-state index is 13.4. The monoisotopic (exact) mass is 584 g/mol. The molecule has 1 aromatic heterocycles. The lowest BCUT2D eigenvalue weighted by Crippen LogP contribution is -2.52. The average Bonchev–Trinajstić information content (AvgIpc) is 3.37. The number of hydrogen-bond donors (Lipinski definition) is 4. The van der Waals surface area contributed by atoms with Crippen molar-refractivity contribution in [3.05, 3.63) is 58.7 Å². The molecular formula is C28H31ClF2N8O2. The Kier molecular flexibility index (Phi) is 8.04. The van der Waals surface area contributed by atoms with Gasteiger partial charge in [0.05, 0.1) is 23.1 Å². The third-order valence-corrected chi connectivity index (χ3v) is 8.02. The van der Waals surface area contributed by atoms with E-state index in [1.54, 1.807) is 18.2 Å². The van der Waals surface area contributed by atoms with Crippen LogP contribution in [0.4, 0.5) is 37.6 Å². The van der Waals surface area contributed by atoms with E-state index in [2.05, 4.69) is 41.0 Å². The van der Waals surface area contributed by atoms with Gasteiger partial charge < -0.3 is 30.9 Å². The first kappa shape index (κ1) is 27.4. The summed E-state index contributed by atoms with van der Waals surface area (Å²) in [5.41, 5.74) is 3.05. The van der Waals surface area contributed by atoms with Gasteiger partial charge in [0.1, 0.15) is 5.02 Å². The molecule has 0 radical (unpaired) electrons. The van der Waals surface area contributed by atoms with Crippen molar-refractivity contribution in [1.29, 1.82) is 0 Å². The van der Waals surface area contributed by atoms with Gasteiger partial charge in [-0.15, -0.1) is 0 Å². The number of nitrogens with one attached hydrogen (secondary N) is 4. The van der Waals surface area contributed by atoms with Crippen molar-refractivity contribution in [2.24, 2.45) is 0 Å². The quantitative estimate of drug-likeness (QED) is 0.308. The number of amides is 1. The lowest BCUT2D eigenvalue weighted by atomic mass is 10.0. The number of aromatic nitrogens is 2. The third-order valence-electron chi connectivity index (χ3n) is 7.74. The molecule has 216 valence electrons. The smallest absolute Gasteiger partial charge is 0.387 e. The minimum absolute atomic E-state index is 0.00709. The van der Waals surface area contributed by atoms with Crippen molar-refractivity contribution in [2.45, 2.75) is 32.0 Å². The van der Waals surface area contributed by atoms with Crippen LogP contribution in [0.3, 0.4) is 0 Å². The summed E-state index contributed by atoms with van der Waals surface area (Å²) < 4.78 is 31.7. The Labute approximate surface area is 241 Å². The van der Waals surface area contributed by atoms with Crippen molar-refractivity contribution in [3.8, 4) is 5.75 Å². The van der Waals surface area contributed by atoms with Crippen LogP contribution in [0.25, 0.3) is 0 Å². The van der Waals surface area contributed by atoms with Gasteiger partial charge in [-0.25, -0.2) is 4.98 Å². The second-order valence-corrected chi connectivity index (χ2v) is 10.6. The molecule has 0 atom stereocenters. The second kappa shape index (κ2) is 12.0. The van der Waals surface area contributed by atoms with Crippen LogP contribution in [0, 0.1) is 0 Å². The molecule has 2 saturated heterocycles. The largest absolute Gasteiger partial charge is 0.433 e. The fourth-order valence-corrected chi connectivity index (χ4v) is 5.83. The molecule has 3 aliphatic heterocycles. The fourth-order valence-electron chi connectivity index (χ4n) is 5.69. The average molecular weight is 585 g/mol. The van der Waals surface area contributed by atoms with Gasteiger partial charge in [-0.1, -0.05) is 23.7 Å². The topological polar surface area (TPSA) is 107 Å². The van der Waals surface area contributed by atoms with Crippen molar-refractivity contribution < 1.29 is 18.3 Å². The number of benzene rings is 2. The Bertz CT molecular complexity index is 1410. The molecule has 0 aliphatic carbocycles. The van der Waals surface area contributed by atoms with Gasteiger partial charge in [0.25, 0.3) is 5.91 Å². The first-order chi connectivity index (χ1) is 19.9. The summed E-state index contributed by atoms with van der Waals surface area (Å²) >= 11 is 6.35. The molecule has 2 fully saturated rings. The van der Waals surface area contributed by atoms with Gasteiger partial charge in [-0.2, -0.15) is 13.8 Å². The zero-order chi connectivity index (χ0) is 28.3. The minimum atomic E-state index is -3.00. The predicted octanol–water partition coefficient (Wildman–Crippen LogP) is 4.34. The molecule has 3 aromatic rings. The molecule has 3 aliphatic rings. The number of anilines is 5. The molecule has 4 N–H and O–H groups in total. The zero-order valence-corrected chi connectivity index (χ0v) is 23.1. The van der Waals surface area contributed by atoms with Crippen LogP contribution in [0.5, 0.6) is 5.75 Å². The van der Waals surface area contributed by atoms with E-state index >= 15 is 0 Å². The van der Waals surface area contributed by atoms with Crippen LogP contribution in [0.15, 0.2) is 42.6 Å². The minimum Gasteiger partial charge on any atom is -0.433 e. The SMILES string of the molecule is O=C1NCc2cccc(Nc3nc(Nc4ccc(N5CCC(N6CCNCC6)CC5)cc4OC(F)F)ncc3Cl)c21. The molecule has 2 aromatic carbocycles. The molecule has 4 heterocycles. The highest BCUT2D eigenvalue weighted by atomic mass is 35.5. The number of ether oxygens (including phenoxy) is 1. The highest BCUT2D eigenvalue weighted by molar-refractivity contribution is 6.33. The van der Waals surface area contributed by atoms with E-state index in [-0.39, 0.29) is 34.1 Å². The maximum Gasteiger partial charge on any atom is 0.387 e. The Morgan fingerprint density at radius 3 is 2.63 bits per heavy atom. The number of nitrogens with zero attached hydrogens (tertiary/aromatic N) is 4. The molecule has 13 heteroatoms. The maximum absolute atomic E-state index is 13.4. The van der Waals surface area contributed by atoms with Crippen LogP contribution in [0.1, 0.15) is 28.8 Å². The van der Waals surface area contributed by atoms with Crippen LogP contribution in [0.2, 0.25) is 5.02 Å². The molecule has 0 bridgehead atoms. The Hall–Kier alpha value is -3.74. The highest BCUT2D eigenvalue weighted by Crippen LogP contribution is 2.35. The number of rotatable bonds is 8. The molecular weight excluding hydrogens is 554 g/mol. The number of hydrogen-bond acceptors (Lipinski definition) is 9. The molecule has 0 saturated carbocycles. The zero-order valence-electron chi connectivity index (χ0n) is 22.3. The predicted molar refractivity (Wildman–Crippen MR) is 154 cm³/mol. The summed E-state index contributed by atoms with van der Waals surface area (Å²) in [6.45, 7) is 3.28. The summed E-state index contributed by atoms with van der Waals surface area (Å²) in [5.74, 6) is 0.191.